The number of nitrogens with zero attached hydrogens (tertiary/aromatic N) is 1. The van der Waals surface area contributed by atoms with E-state index in [9.17, 15) is 9.90 Å². The SMILES string of the molecule is O=C(O)[C@@H]1CCN(Cc2ccc3cc(OC4CCC(C5CCCC5)CC4)ccc3c2)C1. The molecule has 2 saturated carbocycles. The summed E-state index contributed by atoms with van der Waals surface area (Å²) in [5, 5.41) is 11.6. The standard InChI is InChI=1S/C27H35NO3/c29-27(30)24-13-14-28(18-24)17-19-5-6-23-16-26(12-9-22(23)15-19)31-25-10-7-21(8-11-25)20-3-1-2-4-20/h5-6,9,12,15-16,20-21,24-25H,1-4,7-8,10-11,13-14,17-18H2,(H,29,30)/t21?,24-,25?/m1/s1. The summed E-state index contributed by atoms with van der Waals surface area (Å²) >= 11 is 0. The van der Waals surface area contributed by atoms with Gasteiger partial charge in [0.15, 0.2) is 0 Å². The number of aliphatic carboxylic acids is 1. The van der Waals surface area contributed by atoms with Crippen molar-refractivity contribution >= 4 is 16.7 Å². The van der Waals surface area contributed by atoms with Gasteiger partial charge in [-0.3, -0.25) is 9.69 Å². The monoisotopic (exact) mass is 421 g/mol. The fourth-order valence-electron chi connectivity index (χ4n) is 6.18. The van der Waals surface area contributed by atoms with Crippen LogP contribution in [0.25, 0.3) is 10.8 Å². The predicted molar refractivity (Wildman–Crippen MR) is 123 cm³/mol. The molecule has 0 radical (unpaired) electrons. The molecule has 2 aromatic carbocycles. The summed E-state index contributed by atoms with van der Waals surface area (Å²) < 4.78 is 6.38. The van der Waals surface area contributed by atoms with E-state index in [2.05, 4.69) is 41.3 Å². The number of carbonyl (C=O) groups is 1. The molecule has 1 aliphatic heterocycles. The Bertz CT molecular complexity index is 912. The first kappa shape index (κ1) is 20.8. The average Bonchev–Trinajstić information content (AvgIpc) is 3.47. The number of hydrogen-bond acceptors (Lipinski definition) is 3. The number of benzene rings is 2. The first-order valence-corrected chi connectivity index (χ1v) is 12.3. The van der Waals surface area contributed by atoms with E-state index in [1.54, 1.807) is 0 Å². The average molecular weight is 422 g/mol. The molecule has 0 unspecified atom stereocenters. The van der Waals surface area contributed by atoms with Crippen molar-refractivity contribution in [2.24, 2.45) is 17.8 Å². The van der Waals surface area contributed by atoms with Crippen molar-refractivity contribution in [1.82, 2.24) is 4.90 Å². The van der Waals surface area contributed by atoms with Crippen molar-refractivity contribution in [3.8, 4) is 5.75 Å². The van der Waals surface area contributed by atoms with Crippen molar-refractivity contribution in [3.63, 3.8) is 0 Å². The van der Waals surface area contributed by atoms with Crippen LogP contribution in [0.5, 0.6) is 5.75 Å². The summed E-state index contributed by atoms with van der Waals surface area (Å²) in [6.45, 7) is 2.34. The normalized spacial score (nSPS) is 27.7. The first-order chi connectivity index (χ1) is 15.1. The van der Waals surface area contributed by atoms with E-state index in [-0.39, 0.29) is 5.92 Å². The minimum atomic E-state index is -0.666. The Labute approximate surface area is 185 Å². The van der Waals surface area contributed by atoms with Crippen molar-refractivity contribution in [2.45, 2.75) is 70.4 Å². The summed E-state index contributed by atoms with van der Waals surface area (Å²) in [6, 6.07) is 13.1. The van der Waals surface area contributed by atoms with E-state index < -0.39 is 5.97 Å². The maximum Gasteiger partial charge on any atom is 0.307 e. The molecule has 3 fully saturated rings. The van der Waals surface area contributed by atoms with E-state index >= 15 is 0 Å². The van der Waals surface area contributed by atoms with Crippen LogP contribution >= 0.6 is 0 Å². The first-order valence-electron chi connectivity index (χ1n) is 12.3. The lowest BCUT2D eigenvalue weighted by atomic mass is 9.78. The molecule has 5 rings (SSSR count). The molecule has 31 heavy (non-hydrogen) atoms. The summed E-state index contributed by atoms with van der Waals surface area (Å²) in [5.74, 6) is 2.05. The predicted octanol–water partition coefficient (Wildman–Crippen LogP) is 5.87. The van der Waals surface area contributed by atoms with Gasteiger partial charge in [0.1, 0.15) is 5.75 Å². The topological polar surface area (TPSA) is 49.8 Å². The number of fused-ring (bicyclic) bond motifs is 1. The van der Waals surface area contributed by atoms with Crippen LogP contribution in [0.3, 0.4) is 0 Å². The largest absolute Gasteiger partial charge is 0.490 e. The molecule has 1 N–H and O–H groups in total. The summed E-state index contributed by atoms with van der Waals surface area (Å²) in [4.78, 5) is 13.4. The quantitative estimate of drug-likeness (QED) is 0.633. The maximum absolute atomic E-state index is 11.2. The Hall–Kier alpha value is -2.07. The van der Waals surface area contributed by atoms with Crippen molar-refractivity contribution in [2.75, 3.05) is 13.1 Å². The second-order valence-electron chi connectivity index (χ2n) is 10.1. The molecular formula is C27H35NO3. The van der Waals surface area contributed by atoms with Crippen LogP contribution in [0.2, 0.25) is 0 Å². The second kappa shape index (κ2) is 9.20. The van der Waals surface area contributed by atoms with Gasteiger partial charge in [0.05, 0.1) is 12.0 Å². The number of hydrogen-bond donors (Lipinski definition) is 1. The molecular weight excluding hydrogens is 386 g/mol. The third-order valence-electron chi connectivity index (χ3n) is 7.99. The van der Waals surface area contributed by atoms with E-state index in [0.29, 0.717) is 12.6 Å². The zero-order chi connectivity index (χ0) is 21.2. The van der Waals surface area contributed by atoms with Crippen LogP contribution in [0.15, 0.2) is 36.4 Å². The fraction of sp³-hybridized carbons (Fsp3) is 0.593. The van der Waals surface area contributed by atoms with Crippen molar-refractivity contribution < 1.29 is 14.6 Å². The third-order valence-corrected chi connectivity index (χ3v) is 7.99. The number of ether oxygens (including phenoxy) is 1. The van der Waals surface area contributed by atoms with Crippen LogP contribution in [-0.2, 0) is 11.3 Å². The fourth-order valence-corrected chi connectivity index (χ4v) is 6.18. The lowest BCUT2D eigenvalue weighted by molar-refractivity contribution is -0.141. The lowest BCUT2D eigenvalue weighted by Gasteiger charge is -2.32. The Morgan fingerprint density at radius 1 is 0.903 bits per heavy atom. The van der Waals surface area contributed by atoms with Gasteiger partial charge < -0.3 is 9.84 Å². The molecule has 2 aliphatic carbocycles. The smallest absolute Gasteiger partial charge is 0.307 e. The minimum Gasteiger partial charge on any atom is -0.490 e. The van der Waals surface area contributed by atoms with Gasteiger partial charge in [-0.1, -0.05) is 43.9 Å². The van der Waals surface area contributed by atoms with Gasteiger partial charge in [0.2, 0.25) is 0 Å². The van der Waals surface area contributed by atoms with Crippen LogP contribution in [-0.4, -0.2) is 35.2 Å². The van der Waals surface area contributed by atoms with Gasteiger partial charge in [-0.25, -0.2) is 0 Å². The second-order valence-corrected chi connectivity index (χ2v) is 10.1. The molecule has 1 atom stereocenters. The lowest BCUT2D eigenvalue weighted by Crippen LogP contribution is -2.27. The Balaban J connectivity index is 1.17. The van der Waals surface area contributed by atoms with Gasteiger partial charge in [0.25, 0.3) is 0 Å². The molecule has 4 nitrogen and oxygen atoms in total. The minimum absolute atomic E-state index is 0.214. The van der Waals surface area contributed by atoms with Gasteiger partial charge in [-0.15, -0.1) is 0 Å². The van der Waals surface area contributed by atoms with E-state index in [1.807, 2.05) is 0 Å². The third kappa shape index (κ3) is 4.90. The Morgan fingerprint density at radius 3 is 2.35 bits per heavy atom. The number of likely N-dealkylation sites (tertiary alicyclic amines) is 1. The Morgan fingerprint density at radius 2 is 1.61 bits per heavy atom. The zero-order valence-corrected chi connectivity index (χ0v) is 18.5. The highest BCUT2D eigenvalue weighted by molar-refractivity contribution is 5.84. The molecule has 4 heteroatoms. The van der Waals surface area contributed by atoms with E-state index in [4.69, 9.17) is 4.74 Å². The Kier molecular flexibility index (Phi) is 6.17. The molecule has 1 heterocycles. The van der Waals surface area contributed by atoms with Gasteiger partial charge in [-0.05, 0) is 85.0 Å². The van der Waals surface area contributed by atoms with Gasteiger partial charge in [0, 0.05) is 13.1 Å². The molecule has 0 spiro atoms. The summed E-state index contributed by atoms with van der Waals surface area (Å²) in [6.07, 6.45) is 12.0. The zero-order valence-electron chi connectivity index (χ0n) is 18.5. The molecule has 3 aliphatic rings. The highest BCUT2D eigenvalue weighted by Crippen LogP contribution is 2.40. The van der Waals surface area contributed by atoms with Gasteiger partial charge in [-0.2, -0.15) is 0 Å². The summed E-state index contributed by atoms with van der Waals surface area (Å²) in [5.41, 5.74) is 1.25. The van der Waals surface area contributed by atoms with Crippen molar-refractivity contribution in [1.29, 1.82) is 0 Å². The molecule has 166 valence electrons. The number of carboxylic acids is 1. The molecule has 0 aromatic heterocycles. The highest BCUT2D eigenvalue weighted by atomic mass is 16.5. The van der Waals surface area contributed by atoms with Crippen molar-refractivity contribution in [3.05, 3.63) is 42.0 Å². The molecule has 2 aromatic rings. The van der Waals surface area contributed by atoms with E-state index in [1.165, 1.54) is 67.7 Å². The molecule has 1 saturated heterocycles. The number of rotatable bonds is 6. The van der Waals surface area contributed by atoms with Crippen LogP contribution in [0.1, 0.15) is 63.4 Å². The maximum atomic E-state index is 11.2. The van der Waals surface area contributed by atoms with Crippen LogP contribution < -0.4 is 4.74 Å². The van der Waals surface area contributed by atoms with E-state index in [0.717, 1.165) is 37.1 Å². The van der Waals surface area contributed by atoms with Gasteiger partial charge >= 0.3 is 5.97 Å². The molecule has 0 bridgehead atoms. The van der Waals surface area contributed by atoms with Crippen LogP contribution in [0, 0.1) is 17.8 Å². The van der Waals surface area contributed by atoms with Crippen LogP contribution in [0.4, 0.5) is 0 Å². The highest BCUT2D eigenvalue weighted by Gasteiger charge is 2.30. The number of carboxylic acid groups (broad SMARTS) is 1. The summed E-state index contributed by atoms with van der Waals surface area (Å²) in [7, 11) is 0. The molecule has 0 amide bonds.